The Hall–Kier alpha value is -0.750. The molecule has 130 valence electrons. The van der Waals surface area contributed by atoms with Gasteiger partial charge in [-0.15, -0.1) is 6.04 Å². The van der Waals surface area contributed by atoms with E-state index >= 15 is 0 Å². The van der Waals surface area contributed by atoms with Crippen LogP contribution in [0.3, 0.4) is 0 Å². The Morgan fingerprint density at radius 3 is 1.57 bits per heavy atom. The van der Waals surface area contributed by atoms with Crippen LogP contribution in [0.5, 0.6) is 0 Å². The van der Waals surface area contributed by atoms with Crippen LogP contribution in [0.4, 0.5) is 0 Å². The minimum absolute atomic E-state index is 0. The molecular weight excluding hydrogens is 286 g/mol. The molecule has 0 bridgehead atoms. The van der Waals surface area contributed by atoms with Gasteiger partial charge < -0.3 is 16.4 Å². The molecular formula is C15H36N3O2S-. The summed E-state index contributed by atoms with van der Waals surface area (Å²) in [6.45, 7) is 9.37. The Balaban J connectivity index is -0.000000112. The van der Waals surface area contributed by atoms with Gasteiger partial charge in [-0.25, -0.2) is 0 Å². The maximum absolute atomic E-state index is 9.70. The van der Waals surface area contributed by atoms with Gasteiger partial charge in [-0.1, -0.05) is 34.6 Å². The average molecular weight is 323 g/mol. The van der Waals surface area contributed by atoms with Crippen molar-refractivity contribution in [2.24, 2.45) is 5.92 Å². The summed E-state index contributed by atoms with van der Waals surface area (Å²) in [4.78, 5) is 19.4. The molecule has 0 aromatic carbocycles. The number of amides is 2. The van der Waals surface area contributed by atoms with E-state index in [2.05, 4.69) is 24.5 Å². The van der Waals surface area contributed by atoms with Crippen LogP contribution in [0.25, 0.3) is 5.73 Å². The first-order valence-electron chi connectivity index (χ1n) is 6.82. The van der Waals surface area contributed by atoms with E-state index < -0.39 is 0 Å². The quantitative estimate of drug-likeness (QED) is 0.762. The summed E-state index contributed by atoms with van der Waals surface area (Å²) in [6, 6.07) is 0.125. The molecule has 6 heteroatoms. The largest absolute Gasteiger partial charge is 0.675 e. The number of hydrogen-bond acceptors (Lipinski definition) is 3. The fraction of sp³-hybridized carbons (Fsp3) is 0.867. The second-order valence-electron chi connectivity index (χ2n) is 4.77. The van der Waals surface area contributed by atoms with E-state index in [-0.39, 0.29) is 25.3 Å². The van der Waals surface area contributed by atoms with Gasteiger partial charge in [-0.2, -0.15) is 11.8 Å². The van der Waals surface area contributed by atoms with Crippen molar-refractivity contribution in [3.05, 3.63) is 5.73 Å². The predicted octanol–water partition coefficient (Wildman–Crippen LogP) is 3.35. The van der Waals surface area contributed by atoms with E-state index in [0.29, 0.717) is 0 Å². The van der Waals surface area contributed by atoms with Crippen LogP contribution < -0.4 is 10.6 Å². The maximum atomic E-state index is 9.70. The highest BCUT2D eigenvalue weighted by atomic mass is 32.2. The van der Waals surface area contributed by atoms with E-state index in [1.54, 1.807) is 14.1 Å². The molecule has 0 saturated carbocycles. The van der Waals surface area contributed by atoms with Gasteiger partial charge in [0.25, 0.3) is 0 Å². The number of thioether (sulfide) groups is 1. The molecule has 0 aliphatic heterocycles. The van der Waals surface area contributed by atoms with E-state index in [4.69, 9.17) is 5.73 Å². The van der Waals surface area contributed by atoms with Crippen molar-refractivity contribution in [3.63, 3.8) is 0 Å². The van der Waals surface area contributed by atoms with Gasteiger partial charge in [0.2, 0.25) is 11.8 Å². The summed E-state index contributed by atoms with van der Waals surface area (Å²) in [5, 5.41) is 4.78. The molecule has 0 spiro atoms. The Morgan fingerprint density at radius 2 is 1.38 bits per heavy atom. The van der Waals surface area contributed by atoms with Crippen molar-refractivity contribution in [1.29, 1.82) is 0 Å². The average Bonchev–Trinajstić information content (AvgIpc) is 2.35. The third-order valence-electron chi connectivity index (χ3n) is 1.85. The van der Waals surface area contributed by atoms with Gasteiger partial charge in [0, 0.05) is 27.9 Å². The first kappa shape index (κ1) is 28.4. The molecule has 0 radical (unpaired) electrons. The second-order valence-corrected chi connectivity index (χ2v) is 5.92. The van der Waals surface area contributed by atoms with Gasteiger partial charge in [-0.05, 0) is 17.4 Å². The zero-order chi connectivity index (χ0) is 16.6. The third-order valence-corrected chi connectivity index (χ3v) is 3.28. The van der Waals surface area contributed by atoms with Crippen molar-refractivity contribution >= 4 is 23.6 Å². The van der Waals surface area contributed by atoms with Gasteiger partial charge >= 0.3 is 0 Å². The van der Waals surface area contributed by atoms with Crippen LogP contribution in [0.1, 0.15) is 48.5 Å². The van der Waals surface area contributed by atoms with Gasteiger partial charge in [0.05, 0.1) is 0 Å². The Labute approximate surface area is 136 Å². The normalized spacial score (nSPS) is 9.95. The molecule has 0 rings (SSSR count). The molecule has 0 saturated heterocycles. The lowest BCUT2D eigenvalue weighted by molar-refractivity contribution is -0.119. The van der Waals surface area contributed by atoms with Gasteiger partial charge in [0.1, 0.15) is 0 Å². The lowest BCUT2D eigenvalue weighted by atomic mass is 10.3. The van der Waals surface area contributed by atoms with Gasteiger partial charge in [0.15, 0.2) is 0 Å². The molecule has 0 aromatic heterocycles. The van der Waals surface area contributed by atoms with E-state index in [0.717, 1.165) is 18.1 Å². The molecule has 21 heavy (non-hydrogen) atoms. The maximum Gasteiger partial charge on any atom is 0.216 e. The summed E-state index contributed by atoms with van der Waals surface area (Å²) in [7, 11) is 3.20. The Bertz CT molecular complexity index is 211. The third kappa shape index (κ3) is 54.5. The molecule has 0 aliphatic carbocycles. The Morgan fingerprint density at radius 1 is 1.05 bits per heavy atom. The van der Waals surface area contributed by atoms with Crippen molar-refractivity contribution in [1.82, 2.24) is 10.6 Å². The number of carbonyl (C=O) groups excluding carboxylic acids is 2. The SMILES string of the molecule is C.CC(C)CSCCC(C)[NH-].CNC(C)=O.CNC(C)=O. The van der Waals surface area contributed by atoms with Crippen LogP contribution >= 0.6 is 11.8 Å². The molecule has 1 unspecified atom stereocenters. The fourth-order valence-electron chi connectivity index (χ4n) is 0.579. The lowest BCUT2D eigenvalue weighted by Gasteiger charge is -2.12. The first-order valence-corrected chi connectivity index (χ1v) is 7.98. The summed E-state index contributed by atoms with van der Waals surface area (Å²) < 4.78 is 0. The van der Waals surface area contributed by atoms with E-state index in [9.17, 15) is 9.59 Å². The first-order chi connectivity index (χ1) is 9.17. The minimum Gasteiger partial charge on any atom is -0.675 e. The standard InChI is InChI=1S/C8H18NS.2C3H7NO.CH4/c1-7(2)6-10-5-4-8(3)9;2*1-3(5)4-2;/h7-9H,4-6H2,1-3H3;2*1-2H3,(H,4,5);1H4/q-1;;;. The zero-order valence-corrected chi connectivity index (χ0v) is 14.8. The van der Waals surface area contributed by atoms with Crippen molar-refractivity contribution in [2.45, 2.75) is 54.5 Å². The molecule has 3 N–H and O–H groups in total. The number of hydrogen-bond donors (Lipinski definition) is 2. The van der Waals surface area contributed by atoms with E-state index in [1.807, 2.05) is 18.7 Å². The monoisotopic (exact) mass is 322 g/mol. The molecule has 5 nitrogen and oxygen atoms in total. The second kappa shape index (κ2) is 21.5. The fourth-order valence-corrected chi connectivity index (χ4v) is 1.74. The lowest BCUT2D eigenvalue weighted by Crippen LogP contribution is -2.11. The highest BCUT2D eigenvalue weighted by molar-refractivity contribution is 7.99. The predicted molar refractivity (Wildman–Crippen MR) is 96.8 cm³/mol. The van der Waals surface area contributed by atoms with Crippen molar-refractivity contribution in [2.75, 3.05) is 25.6 Å². The zero-order valence-electron chi connectivity index (χ0n) is 14.0. The van der Waals surface area contributed by atoms with Crippen LogP contribution in [-0.4, -0.2) is 43.5 Å². The summed E-state index contributed by atoms with van der Waals surface area (Å²) >= 11 is 1.97. The summed E-state index contributed by atoms with van der Waals surface area (Å²) in [5.74, 6) is 3.20. The highest BCUT2D eigenvalue weighted by Crippen LogP contribution is 2.10. The van der Waals surface area contributed by atoms with Gasteiger partial charge in [-0.3, -0.25) is 9.59 Å². The molecule has 0 aromatic rings. The van der Waals surface area contributed by atoms with E-state index in [1.165, 1.54) is 19.6 Å². The topological polar surface area (TPSA) is 82.0 Å². The summed E-state index contributed by atoms with van der Waals surface area (Å²) in [6.07, 6.45) is 1.04. The molecule has 2 amide bonds. The van der Waals surface area contributed by atoms with Crippen molar-refractivity contribution in [3.8, 4) is 0 Å². The summed E-state index contributed by atoms with van der Waals surface area (Å²) in [5.41, 5.74) is 7.25. The van der Waals surface area contributed by atoms with Crippen LogP contribution in [0.2, 0.25) is 0 Å². The van der Waals surface area contributed by atoms with Crippen LogP contribution in [0, 0.1) is 5.92 Å². The molecule has 1 atom stereocenters. The van der Waals surface area contributed by atoms with Crippen LogP contribution in [0.15, 0.2) is 0 Å². The minimum atomic E-state index is 0. The highest BCUT2D eigenvalue weighted by Gasteiger charge is 1.93. The molecule has 0 heterocycles. The smallest absolute Gasteiger partial charge is 0.216 e. The van der Waals surface area contributed by atoms with Crippen molar-refractivity contribution < 1.29 is 9.59 Å². The molecule has 0 aliphatic rings. The molecule has 0 fully saturated rings. The number of nitrogens with one attached hydrogen (secondary N) is 3. The Kier molecular flexibility index (Phi) is 29.2. The van der Waals surface area contributed by atoms with Crippen LogP contribution in [-0.2, 0) is 9.59 Å². The number of carbonyl (C=O) groups is 2. The number of rotatable bonds is 5.